The van der Waals surface area contributed by atoms with Gasteiger partial charge in [-0.2, -0.15) is 26.3 Å². The summed E-state index contributed by atoms with van der Waals surface area (Å²) in [6.45, 7) is 7.75. The highest BCUT2D eigenvalue weighted by atomic mass is 32.1. The minimum absolute atomic E-state index is 0.431. The van der Waals surface area contributed by atoms with Crippen LogP contribution in [0, 0.1) is 11.3 Å². The van der Waals surface area contributed by atoms with E-state index in [-0.39, 0.29) is 0 Å². The summed E-state index contributed by atoms with van der Waals surface area (Å²) < 4.78 is 74.3. The van der Waals surface area contributed by atoms with Crippen molar-refractivity contribution in [2.45, 2.75) is 38.3 Å². The molecule has 2 N–H and O–H groups in total. The van der Waals surface area contributed by atoms with Crippen LogP contribution in [0.1, 0.15) is 23.3 Å². The number of thiophene rings is 1. The van der Waals surface area contributed by atoms with Crippen LogP contribution in [-0.2, 0) is 27.4 Å². The van der Waals surface area contributed by atoms with E-state index in [0.717, 1.165) is 19.7 Å². The van der Waals surface area contributed by atoms with Gasteiger partial charge in [-0.25, -0.2) is 9.59 Å². The first-order valence-corrected chi connectivity index (χ1v) is 12.6. The summed E-state index contributed by atoms with van der Waals surface area (Å²) in [6.07, 6.45) is -3.97. The SMILES string of the molecule is COCC1CN(Cc2cccs2)CC12CCN(Cc1ccoc1)CC2.O=C(O)C(F)(F)F.O=C(O)C(F)(F)F. The molecule has 220 valence electrons. The normalized spacial score (nSPS) is 19.6. The van der Waals surface area contributed by atoms with Gasteiger partial charge < -0.3 is 19.4 Å². The topological polar surface area (TPSA) is 103 Å². The van der Waals surface area contributed by atoms with E-state index in [1.54, 1.807) is 6.26 Å². The number of ether oxygens (including phenoxy) is 1. The second kappa shape index (κ2) is 14.1. The van der Waals surface area contributed by atoms with Crippen molar-refractivity contribution in [3.63, 3.8) is 0 Å². The van der Waals surface area contributed by atoms with Gasteiger partial charge in [-0.3, -0.25) is 9.80 Å². The largest absolute Gasteiger partial charge is 0.490 e. The quantitative estimate of drug-likeness (QED) is 0.457. The van der Waals surface area contributed by atoms with Gasteiger partial charge >= 0.3 is 24.3 Å². The van der Waals surface area contributed by atoms with Gasteiger partial charge in [0.05, 0.1) is 19.1 Å². The van der Waals surface area contributed by atoms with Gasteiger partial charge in [0.15, 0.2) is 0 Å². The average molecular weight is 589 g/mol. The molecule has 0 saturated carbocycles. The maximum atomic E-state index is 10.6. The van der Waals surface area contributed by atoms with Gasteiger partial charge in [0.1, 0.15) is 0 Å². The predicted molar refractivity (Wildman–Crippen MR) is 128 cm³/mol. The summed E-state index contributed by atoms with van der Waals surface area (Å²) in [4.78, 5) is 24.5. The zero-order chi connectivity index (χ0) is 29.3. The molecule has 2 fully saturated rings. The Hall–Kier alpha value is -2.62. The molecule has 0 aliphatic carbocycles. The Morgan fingerprint density at radius 1 is 1.05 bits per heavy atom. The first-order valence-electron chi connectivity index (χ1n) is 11.7. The van der Waals surface area contributed by atoms with Crippen LogP contribution in [0.4, 0.5) is 26.3 Å². The summed E-state index contributed by atoms with van der Waals surface area (Å²) in [5, 5.41) is 16.4. The molecule has 1 atom stereocenters. The van der Waals surface area contributed by atoms with Gasteiger partial charge in [-0.15, -0.1) is 11.3 Å². The summed E-state index contributed by atoms with van der Waals surface area (Å²) in [7, 11) is 1.85. The number of methoxy groups -OCH3 is 1. The molecular formula is C24H30F6N2O6S. The van der Waals surface area contributed by atoms with Gasteiger partial charge in [0.2, 0.25) is 0 Å². The number of carbonyl (C=O) groups is 2. The fourth-order valence-electron chi connectivity index (χ4n) is 4.68. The van der Waals surface area contributed by atoms with Crippen LogP contribution in [0.5, 0.6) is 0 Å². The number of piperidine rings is 1. The van der Waals surface area contributed by atoms with Crippen LogP contribution in [0.2, 0.25) is 0 Å². The third kappa shape index (κ3) is 10.5. The summed E-state index contributed by atoms with van der Waals surface area (Å²) in [6, 6.07) is 6.50. The molecule has 0 aromatic carbocycles. The highest BCUT2D eigenvalue weighted by molar-refractivity contribution is 7.09. The molecule has 2 aliphatic rings. The molecule has 0 amide bonds. The van der Waals surface area contributed by atoms with Crippen molar-refractivity contribution in [1.29, 1.82) is 0 Å². The van der Waals surface area contributed by atoms with Crippen molar-refractivity contribution >= 4 is 23.3 Å². The van der Waals surface area contributed by atoms with Crippen molar-refractivity contribution in [1.82, 2.24) is 9.80 Å². The van der Waals surface area contributed by atoms with Crippen LogP contribution >= 0.6 is 11.3 Å². The number of rotatable bonds is 6. The number of carboxylic acid groups (broad SMARTS) is 2. The average Bonchev–Trinajstić information content (AvgIpc) is 3.59. The zero-order valence-corrected chi connectivity index (χ0v) is 21.8. The van der Waals surface area contributed by atoms with Gasteiger partial charge in [-0.1, -0.05) is 6.07 Å². The zero-order valence-electron chi connectivity index (χ0n) is 21.0. The van der Waals surface area contributed by atoms with Crippen LogP contribution in [0.3, 0.4) is 0 Å². The molecule has 2 saturated heterocycles. The van der Waals surface area contributed by atoms with Gasteiger partial charge in [0, 0.05) is 49.6 Å². The minimum Gasteiger partial charge on any atom is -0.475 e. The molecule has 8 nitrogen and oxygen atoms in total. The fraction of sp³-hybridized carbons (Fsp3) is 0.583. The molecule has 2 aromatic heterocycles. The molecule has 1 spiro atoms. The lowest BCUT2D eigenvalue weighted by Gasteiger charge is -2.42. The van der Waals surface area contributed by atoms with E-state index in [9.17, 15) is 26.3 Å². The second-order valence-electron chi connectivity index (χ2n) is 9.28. The lowest BCUT2D eigenvalue weighted by molar-refractivity contribution is -0.193. The van der Waals surface area contributed by atoms with Gasteiger partial charge in [-0.05, 0) is 48.9 Å². The first kappa shape index (κ1) is 32.6. The summed E-state index contributed by atoms with van der Waals surface area (Å²) in [5.41, 5.74) is 1.72. The molecule has 1 unspecified atom stereocenters. The van der Waals surface area contributed by atoms with E-state index in [1.165, 1.54) is 49.5 Å². The maximum Gasteiger partial charge on any atom is 0.490 e. The summed E-state index contributed by atoms with van der Waals surface area (Å²) >= 11 is 1.87. The number of carboxylic acids is 2. The third-order valence-electron chi connectivity index (χ3n) is 6.53. The predicted octanol–water partition coefficient (Wildman–Crippen LogP) is 4.97. The molecule has 4 heterocycles. The van der Waals surface area contributed by atoms with E-state index in [1.807, 2.05) is 24.7 Å². The van der Waals surface area contributed by atoms with Crippen LogP contribution in [-0.4, -0.2) is 84.2 Å². The number of nitrogens with zero attached hydrogens (tertiary/aromatic N) is 2. The molecular weight excluding hydrogens is 558 g/mol. The summed E-state index contributed by atoms with van der Waals surface area (Å²) in [5.74, 6) is -4.85. The second-order valence-corrected chi connectivity index (χ2v) is 10.3. The monoisotopic (exact) mass is 588 g/mol. The van der Waals surface area contributed by atoms with Crippen molar-refractivity contribution in [3.8, 4) is 0 Å². The van der Waals surface area contributed by atoms with Crippen molar-refractivity contribution in [3.05, 3.63) is 46.5 Å². The Kier molecular flexibility index (Phi) is 11.8. The Morgan fingerprint density at radius 2 is 1.64 bits per heavy atom. The molecule has 2 aromatic rings. The maximum absolute atomic E-state index is 10.6. The van der Waals surface area contributed by atoms with Crippen molar-refractivity contribution < 1.29 is 55.3 Å². The number of likely N-dealkylation sites (tertiary alicyclic amines) is 2. The Morgan fingerprint density at radius 3 is 2.08 bits per heavy atom. The van der Waals surface area contributed by atoms with E-state index in [4.69, 9.17) is 29.0 Å². The van der Waals surface area contributed by atoms with E-state index >= 15 is 0 Å². The van der Waals surface area contributed by atoms with E-state index < -0.39 is 24.3 Å². The Balaban J connectivity index is 0.000000317. The molecule has 0 bridgehead atoms. The number of alkyl halides is 6. The van der Waals surface area contributed by atoms with Crippen molar-refractivity contribution in [2.75, 3.05) is 39.9 Å². The van der Waals surface area contributed by atoms with Crippen LogP contribution < -0.4 is 0 Å². The van der Waals surface area contributed by atoms with Crippen LogP contribution in [0.15, 0.2) is 40.5 Å². The lowest BCUT2D eigenvalue weighted by Crippen LogP contribution is -2.44. The fourth-order valence-corrected chi connectivity index (χ4v) is 5.43. The van der Waals surface area contributed by atoms with E-state index in [2.05, 4.69) is 33.4 Å². The number of halogens is 6. The lowest BCUT2D eigenvalue weighted by atomic mass is 9.71. The standard InChI is InChI=1S/C20H28N2O2S.2C2HF3O2/c1-23-15-18-12-22(13-19-3-2-10-25-19)16-20(18)5-7-21(8-6-20)11-17-4-9-24-14-17;2*3-2(4,5)1(6)7/h2-4,9-10,14,18H,5-8,11-13,15-16H2,1H3;2*(H,6,7). The molecule has 15 heteroatoms. The third-order valence-corrected chi connectivity index (χ3v) is 7.39. The molecule has 39 heavy (non-hydrogen) atoms. The number of hydrogen-bond donors (Lipinski definition) is 2. The van der Waals surface area contributed by atoms with Crippen molar-refractivity contribution in [2.24, 2.45) is 11.3 Å². The Bertz CT molecular complexity index is 981. The Labute approximate surface area is 224 Å². The molecule has 0 radical (unpaired) electrons. The number of aliphatic carboxylic acids is 2. The van der Waals surface area contributed by atoms with Gasteiger partial charge in [0.25, 0.3) is 0 Å². The smallest absolute Gasteiger partial charge is 0.475 e. The molecule has 4 rings (SSSR count). The molecule has 2 aliphatic heterocycles. The highest BCUT2D eigenvalue weighted by Crippen LogP contribution is 2.45. The van der Waals surface area contributed by atoms with Crippen LogP contribution in [0.25, 0.3) is 0 Å². The minimum atomic E-state index is -5.08. The number of hydrogen-bond acceptors (Lipinski definition) is 7. The first-order chi connectivity index (χ1) is 18.2. The van der Waals surface area contributed by atoms with E-state index in [0.29, 0.717) is 11.3 Å². The highest BCUT2D eigenvalue weighted by Gasteiger charge is 2.47. The number of furan rings is 1.